The van der Waals surface area contributed by atoms with Crippen LogP contribution >= 0.6 is 0 Å². The van der Waals surface area contributed by atoms with Crippen molar-refractivity contribution in [3.63, 3.8) is 0 Å². The number of likely N-dealkylation sites (tertiary alicyclic amines) is 1. The Morgan fingerprint density at radius 3 is 2.69 bits per heavy atom. The molecule has 0 bridgehead atoms. The van der Waals surface area contributed by atoms with E-state index in [1.807, 2.05) is 6.20 Å². The second-order valence-electron chi connectivity index (χ2n) is 7.00. The van der Waals surface area contributed by atoms with Gasteiger partial charge in [-0.15, -0.1) is 5.10 Å². The van der Waals surface area contributed by atoms with E-state index in [1.165, 1.54) is 4.90 Å². The van der Waals surface area contributed by atoms with E-state index in [9.17, 15) is 9.59 Å². The van der Waals surface area contributed by atoms with Gasteiger partial charge in [-0.3, -0.25) is 9.48 Å². The summed E-state index contributed by atoms with van der Waals surface area (Å²) < 4.78 is 6.83. The number of amides is 2. The molecule has 2 rings (SSSR count). The summed E-state index contributed by atoms with van der Waals surface area (Å²) in [6.45, 7) is 4.95. The molecule has 1 aromatic rings. The maximum atomic E-state index is 11.9. The molecule has 2 amide bonds. The van der Waals surface area contributed by atoms with Crippen LogP contribution in [0.4, 0.5) is 4.79 Å². The van der Waals surface area contributed by atoms with Crippen LogP contribution in [0.1, 0.15) is 26.2 Å². The molecule has 1 fully saturated rings. The van der Waals surface area contributed by atoms with Crippen LogP contribution in [0.3, 0.4) is 0 Å². The third kappa shape index (κ3) is 7.96. The van der Waals surface area contributed by atoms with Crippen LogP contribution < -0.4 is 10.6 Å². The topological polar surface area (TPSA) is 117 Å². The van der Waals surface area contributed by atoms with Crippen molar-refractivity contribution < 1.29 is 14.3 Å². The van der Waals surface area contributed by atoms with E-state index in [-0.39, 0.29) is 24.6 Å². The van der Waals surface area contributed by atoms with Gasteiger partial charge in [0.2, 0.25) is 5.91 Å². The number of hydrogen-bond acceptors (Lipinski definition) is 6. The Morgan fingerprint density at radius 2 is 2.07 bits per heavy atom. The Balaban J connectivity index is 1.83. The van der Waals surface area contributed by atoms with Crippen LogP contribution in [0, 0.1) is 0 Å². The Morgan fingerprint density at radius 1 is 1.31 bits per heavy atom. The van der Waals surface area contributed by atoms with E-state index in [0.29, 0.717) is 32.2 Å². The average molecular weight is 409 g/mol. The van der Waals surface area contributed by atoms with Gasteiger partial charge in [0.25, 0.3) is 0 Å². The number of nitrogens with one attached hydrogen (secondary N) is 2. The molecule has 162 valence electrons. The van der Waals surface area contributed by atoms with Crippen molar-refractivity contribution in [1.29, 1.82) is 0 Å². The van der Waals surface area contributed by atoms with E-state index in [4.69, 9.17) is 4.74 Å². The van der Waals surface area contributed by atoms with Gasteiger partial charge >= 0.3 is 6.09 Å². The third-order valence-electron chi connectivity index (χ3n) is 4.56. The summed E-state index contributed by atoms with van der Waals surface area (Å²) in [6.07, 6.45) is 5.63. The number of rotatable bonds is 8. The molecule has 0 aliphatic carbocycles. The average Bonchev–Trinajstić information content (AvgIpc) is 3.23. The van der Waals surface area contributed by atoms with Gasteiger partial charge in [-0.1, -0.05) is 5.21 Å². The van der Waals surface area contributed by atoms with Crippen molar-refractivity contribution in [2.24, 2.45) is 4.99 Å². The van der Waals surface area contributed by atoms with Crippen molar-refractivity contribution >= 4 is 18.0 Å². The fourth-order valence-electron chi connectivity index (χ4n) is 2.86. The van der Waals surface area contributed by atoms with Gasteiger partial charge in [-0.25, -0.2) is 9.79 Å². The smallest absolute Gasteiger partial charge is 0.409 e. The number of aliphatic imine (C=N–C) groups is 1. The summed E-state index contributed by atoms with van der Waals surface area (Å²) in [7, 11) is 3.42. The number of carbonyl (C=O) groups excluding carboxylic acids is 2. The molecule has 29 heavy (non-hydrogen) atoms. The first-order chi connectivity index (χ1) is 14.0. The molecule has 11 heteroatoms. The molecule has 1 saturated heterocycles. The number of aryl methyl sites for hydroxylation is 1. The van der Waals surface area contributed by atoms with E-state index in [0.717, 1.165) is 25.8 Å². The van der Waals surface area contributed by atoms with Gasteiger partial charge in [-0.05, 0) is 26.2 Å². The number of piperidine rings is 1. The molecule has 0 saturated carbocycles. The van der Waals surface area contributed by atoms with E-state index < -0.39 is 0 Å². The predicted molar refractivity (Wildman–Crippen MR) is 108 cm³/mol. The first kappa shape index (κ1) is 22.4. The SMILES string of the molecule is CCOC(=O)N1CCC(NC(=NCC(=O)N(C)C)NCCCn2ccnn2)CC1. The van der Waals surface area contributed by atoms with Crippen molar-refractivity contribution in [1.82, 2.24) is 35.4 Å². The van der Waals surface area contributed by atoms with Gasteiger partial charge in [0.1, 0.15) is 6.54 Å². The highest BCUT2D eigenvalue weighted by atomic mass is 16.6. The lowest BCUT2D eigenvalue weighted by Gasteiger charge is -2.32. The molecule has 2 N–H and O–H groups in total. The highest BCUT2D eigenvalue weighted by Gasteiger charge is 2.24. The van der Waals surface area contributed by atoms with E-state index in [2.05, 4.69) is 25.9 Å². The number of hydrogen-bond donors (Lipinski definition) is 2. The Kier molecular flexibility index (Phi) is 9.19. The molecule has 1 aliphatic heterocycles. The van der Waals surface area contributed by atoms with Gasteiger partial charge in [0, 0.05) is 52.5 Å². The quantitative estimate of drug-likeness (QED) is 0.351. The Hall–Kier alpha value is -2.85. The van der Waals surface area contributed by atoms with Crippen LogP contribution in [0.15, 0.2) is 17.4 Å². The lowest BCUT2D eigenvalue weighted by atomic mass is 10.1. The molecule has 0 spiro atoms. The van der Waals surface area contributed by atoms with E-state index >= 15 is 0 Å². The fraction of sp³-hybridized carbons (Fsp3) is 0.722. The van der Waals surface area contributed by atoms with Crippen LogP contribution in [0.25, 0.3) is 0 Å². The molecular weight excluding hydrogens is 376 g/mol. The Labute approximate surface area is 171 Å². The van der Waals surface area contributed by atoms with Crippen molar-refractivity contribution in [3.05, 3.63) is 12.4 Å². The predicted octanol–water partition coefficient (Wildman–Crippen LogP) is -0.0875. The molecule has 0 aromatic carbocycles. The molecule has 1 aliphatic rings. The lowest BCUT2D eigenvalue weighted by molar-refractivity contribution is -0.127. The van der Waals surface area contributed by atoms with Gasteiger partial charge in [0.15, 0.2) is 5.96 Å². The zero-order valence-corrected chi connectivity index (χ0v) is 17.5. The minimum absolute atomic E-state index is 0.0640. The summed E-state index contributed by atoms with van der Waals surface area (Å²) >= 11 is 0. The number of nitrogens with zero attached hydrogens (tertiary/aromatic N) is 6. The number of carbonyl (C=O) groups is 2. The zero-order chi connectivity index (χ0) is 21.1. The minimum atomic E-state index is -0.261. The standard InChI is InChI=1S/C18H32N8O3/c1-4-29-18(28)25-11-6-15(7-12-25)22-17(20-14-16(27)24(2)3)19-8-5-10-26-13-9-21-23-26/h9,13,15H,4-8,10-12,14H2,1-3H3,(H2,19,20,22). The number of aromatic nitrogens is 3. The summed E-state index contributed by atoms with van der Waals surface area (Å²) in [5, 5.41) is 14.4. The van der Waals surface area contributed by atoms with Gasteiger partial charge in [-0.2, -0.15) is 0 Å². The number of guanidine groups is 1. The van der Waals surface area contributed by atoms with Crippen LogP contribution in [0.2, 0.25) is 0 Å². The summed E-state index contributed by atoms with van der Waals surface area (Å²) in [5.41, 5.74) is 0. The van der Waals surface area contributed by atoms with Crippen LogP contribution in [-0.4, -0.2) is 95.7 Å². The normalized spacial score (nSPS) is 15.1. The number of likely N-dealkylation sites (N-methyl/N-ethyl adjacent to an activating group) is 1. The van der Waals surface area contributed by atoms with Crippen molar-refractivity contribution in [2.75, 3.05) is 46.9 Å². The number of ether oxygens (including phenoxy) is 1. The largest absolute Gasteiger partial charge is 0.450 e. The van der Waals surface area contributed by atoms with Gasteiger partial charge in [0.05, 0.1) is 12.8 Å². The molecule has 2 heterocycles. The van der Waals surface area contributed by atoms with Crippen molar-refractivity contribution in [2.45, 2.75) is 38.8 Å². The minimum Gasteiger partial charge on any atom is -0.450 e. The van der Waals surface area contributed by atoms with Crippen LogP contribution in [-0.2, 0) is 16.1 Å². The molecule has 0 unspecified atom stereocenters. The lowest BCUT2D eigenvalue weighted by Crippen LogP contribution is -2.50. The van der Waals surface area contributed by atoms with E-state index in [1.54, 1.807) is 36.8 Å². The molecule has 1 aromatic heterocycles. The second-order valence-corrected chi connectivity index (χ2v) is 7.00. The maximum Gasteiger partial charge on any atom is 0.409 e. The van der Waals surface area contributed by atoms with Crippen LogP contribution in [0.5, 0.6) is 0 Å². The van der Waals surface area contributed by atoms with Crippen molar-refractivity contribution in [3.8, 4) is 0 Å². The zero-order valence-electron chi connectivity index (χ0n) is 17.5. The van der Waals surface area contributed by atoms with Gasteiger partial charge < -0.3 is 25.2 Å². The maximum absolute atomic E-state index is 11.9. The first-order valence-electron chi connectivity index (χ1n) is 10.0. The molecule has 11 nitrogen and oxygen atoms in total. The summed E-state index contributed by atoms with van der Waals surface area (Å²) in [6, 6.07) is 0.178. The Bertz CT molecular complexity index is 654. The highest BCUT2D eigenvalue weighted by Crippen LogP contribution is 2.11. The summed E-state index contributed by atoms with van der Waals surface area (Å²) in [5.74, 6) is 0.541. The highest BCUT2D eigenvalue weighted by molar-refractivity contribution is 5.85. The second kappa shape index (κ2) is 11.9. The molecule has 0 radical (unpaired) electrons. The monoisotopic (exact) mass is 408 g/mol. The first-order valence-corrected chi connectivity index (χ1v) is 10.0. The summed E-state index contributed by atoms with van der Waals surface area (Å²) in [4.78, 5) is 31.4. The molecule has 0 atom stereocenters. The molecular formula is C18H32N8O3. The fourth-order valence-corrected chi connectivity index (χ4v) is 2.86. The third-order valence-corrected chi connectivity index (χ3v) is 4.56.